The number of aromatic nitrogens is 5. The number of anilines is 2. The second-order valence-corrected chi connectivity index (χ2v) is 6.97. The molecule has 3 heterocycles. The summed E-state index contributed by atoms with van der Waals surface area (Å²) in [5, 5.41) is 3.25. The van der Waals surface area contributed by atoms with Crippen LogP contribution in [0.2, 0.25) is 0 Å². The van der Waals surface area contributed by atoms with Gasteiger partial charge in [-0.2, -0.15) is 4.98 Å². The molecule has 0 bridgehead atoms. The molecule has 0 aliphatic carbocycles. The van der Waals surface area contributed by atoms with Gasteiger partial charge in [-0.3, -0.25) is 4.98 Å². The highest BCUT2D eigenvalue weighted by atomic mass is 15.2. The van der Waals surface area contributed by atoms with Crippen LogP contribution < -0.4 is 10.2 Å². The van der Waals surface area contributed by atoms with E-state index in [0.717, 1.165) is 34.3 Å². The topological polar surface area (TPSA) is 82.6 Å². The van der Waals surface area contributed by atoms with Gasteiger partial charge in [-0.25, -0.2) is 9.97 Å². The van der Waals surface area contributed by atoms with E-state index in [4.69, 9.17) is 4.98 Å². The Balaban J connectivity index is 1.64. The number of nitrogens with zero attached hydrogens (tertiary/aromatic N) is 5. The molecular weight excluding hydrogens is 362 g/mol. The summed E-state index contributed by atoms with van der Waals surface area (Å²) in [5.41, 5.74) is 4.89. The van der Waals surface area contributed by atoms with Crippen LogP contribution in [-0.2, 0) is 6.54 Å². The predicted octanol–water partition coefficient (Wildman–Crippen LogP) is 3.92. The maximum absolute atomic E-state index is 4.84. The molecule has 2 N–H and O–H groups in total. The van der Waals surface area contributed by atoms with Crippen LogP contribution in [0.15, 0.2) is 60.9 Å². The lowest BCUT2D eigenvalue weighted by atomic mass is 10.1. The van der Waals surface area contributed by atoms with E-state index >= 15 is 0 Å². The summed E-state index contributed by atoms with van der Waals surface area (Å²) in [7, 11) is 3.90. The van der Waals surface area contributed by atoms with Gasteiger partial charge in [0.2, 0.25) is 5.95 Å². The maximum atomic E-state index is 4.84. The molecule has 3 aromatic heterocycles. The molecule has 0 atom stereocenters. The molecule has 0 amide bonds. The number of hydrogen-bond acceptors (Lipinski definition) is 6. The lowest BCUT2D eigenvalue weighted by molar-refractivity contribution is 0.958. The number of benzene rings is 1. The summed E-state index contributed by atoms with van der Waals surface area (Å²) in [6.07, 6.45) is 3.53. The molecular formula is C22H23N7. The Hall–Kier alpha value is -3.74. The van der Waals surface area contributed by atoms with Gasteiger partial charge in [-0.15, -0.1) is 0 Å². The molecule has 7 nitrogen and oxygen atoms in total. The number of H-pyrrole nitrogens is 1. The first-order valence-electron chi connectivity index (χ1n) is 9.42. The third-order valence-electron chi connectivity index (χ3n) is 4.51. The van der Waals surface area contributed by atoms with Crippen LogP contribution in [0.5, 0.6) is 0 Å². The van der Waals surface area contributed by atoms with E-state index in [2.05, 4.69) is 56.4 Å². The zero-order chi connectivity index (χ0) is 20.2. The SMILES string of the molecule is Cc1ccc(-c2nc(CNc3nccc(N(C)C)n3)[nH]c2-c2ccccn2)cc1. The number of rotatable bonds is 6. The first-order valence-corrected chi connectivity index (χ1v) is 9.42. The van der Waals surface area contributed by atoms with E-state index in [1.54, 1.807) is 12.4 Å². The summed E-state index contributed by atoms with van der Waals surface area (Å²) < 4.78 is 0. The van der Waals surface area contributed by atoms with E-state index in [-0.39, 0.29) is 0 Å². The van der Waals surface area contributed by atoms with E-state index in [0.29, 0.717) is 12.5 Å². The van der Waals surface area contributed by atoms with Crippen LogP contribution in [0.25, 0.3) is 22.6 Å². The van der Waals surface area contributed by atoms with Crippen LogP contribution in [0, 0.1) is 6.92 Å². The van der Waals surface area contributed by atoms with E-state index < -0.39 is 0 Å². The lowest BCUT2D eigenvalue weighted by Crippen LogP contribution is -2.12. The van der Waals surface area contributed by atoms with Gasteiger partial charge in [0.25, 0.3) is 0 Å². The summed E-state index contributed by atoms with van der Waals surface area (Å²) in [6.45, 7) is 2.55. The predicted molar refractivity (Wildman–Crippen MR) is 116 cm³/mol. The number of nitrogens with one attached hydrogen (secondary N) is 2. The molecule has 0 saturated carbocycles. The monoisotopic (exact) mass is 385 g/mol. The Kier molecular flexibility index (Phi) is 5.20. The van der Waals surface area contributed by atoms with Gasteiger partial charge in [0.15, 0.2) is 0 Å². The van der Waals surface area contributed by atoms with Gasteiger partial charge in [0, 0.05) is 32.1 Å². The van der Waals surface area contributed by atoms with Crippen LogP contribution in [-0.4, -0.2) is 39.0 Å². The van der Waals surface area contributed by atoms with Gasteiger partial charge in [-0.1, -0.05) is 35.9 Å². The average molecular weight is 385 g/mol. The standard InChI is InChI=1S/C22H23N7/c1-15-7-9-16(10-8-15)20-21(17-6-4-5-12-23-17)27-18(26-20)14-25-22-24-13-11-19(28-22)29(2)3/h4-13H,14H2,1-3H3,(H,26,27)(H,24,25,28). The Labute approximate surface area is 169 Å². The van der Waals surface area contributed by atoms with Crippen molar-refractivity contribution >= 4 is 11.8 Å². The van der Waals surface area contributed by atoms with Crippen molar-refractivity contribution in [2.24, 2.45) is 0 Å². The molecule has 1 aromatic carbocycles. The van der Waals surface area contributed by atoms with Crippen molar-refractivity contribution in [3.63, 3.8) is 0 Å². The fourth-order valence-electron chi connectivity index (χ4n) is 2.97. The van der Waals surface area contributed by atoms with Crippen molar-refractivity contribution in [1.29, 1.82) is 0 Å². The number of aryl methyl sites for hydroxylation is 1. The minimum Gasteiger partial charge on any atom is -0.363 e. The number of pyridine rings is 1. The van der Waals surface area contributed by atoms with Gasteiger partial charge in [0.1, 0.15) is 11.6 Å². The third-order valence-corrected chi connectivity index (χ3v) is 4.51. The minimum atomic E-state index is 0.475. The largest absolute Gasteiger partial charge is 0.363 e. The quantitative estimate of drug-likeness (QED) is 0.524. The molecule has 7 heteroatoms. The summed E-state index contributed by atoms with van der Waals surface area (Å²) >= 11 is 0. The number of hydrogen-bond donors (Lipinski definition) is 2. The van der Waals surface area contributed by atoms with Crippen LogP contribution in [0.3, 0.4) is 0 Å². The third kappa shape index (κ3) is 4.24. The summed E-state index contributed by atoms with van der Waals surface area (Å²) in [6, 6.07) is 16.1. The van der Waals surface area contributed by atoms with Crippen LogP contribution in [0.1, 0.15) is 11.4 Å². The molecule has 0 spiro atoms. The second-order valence-electron chi connectivity index (χ2n) is 6.97. The van der Waals surface area contributed by atoms with Crippen molar-refractivity contribution in [2.75, 3.05) is 24.3 Å². The van der Waals surface area contributed by atoms with Crippen molar-refractivity contribution in [3.05, 3.63) is 72.3 Å². The Morgan fingerprint density at radius 3 is 2.48 bits per heavy atom. The molecule has 0 fully saturated rings. The molecule has 0 saturated heterocycles. The zero-order valence-corrected chi connectivity index (χ0v) is 16.7. The summed E-state index contributed by atoms with van der Waals surface area (Å²) in [5.74, 6) is 2.19. The maximum Gasteiger partial charge on any atom is 0.224 e. The van der Waals surface area contributed by atoms with Crippen molar-refractivity contribution in [2.45, 2.75) is 13.5 Å². The minimum absolute atomic E-state index is 0.475. The highest BCUT2D eigenvalue weighted by molar-refractivity contribution is 5.76. The molecule has 4 aromatic rings. The van der Waals surface area contributed by atoms with Crippen LogP contribution in [0.4, 0.5) is 11.8 Å². The molecule has 0 radical (unpaired) electrons. The lowest BCUT2D eigenvalue weighted by Gasteiger charge is -2.11. The Morgan fingerprint density at radius 2 is 1.76 bits per heavy atom. The van der Waals surface area contributed by atoms with Crippen molar-refractivity contribution in [3.8, 4) is 22.6 Å². The molecule has 0 unspecified atom stereocenters. The van der Waals surface area contributed by atoms with Crippen molar-refractivity contribution in [1.82, 2.24) is 24.9 Å². The fraction of sp³-hybridized carbons (Fsp3) is 0.182. The molecule has 0 aliphatic heterocycles. The summed E-state index contributed by atoms with van der Waals surface area (Å²) in [4.78, 5) is 23.5. The van der Waals surface area contributed by atoms with Crippen molar-refractivity contribution < 1.29 is 0 Å². The van der Waals surface area contributed by atoms with E-state index in [1.807, 2.05) is 43.3 Å². The normalized spacial score (nSPS) is 10.7. The smallest absolute Gasteiger partial charge is 0.224 e. The molecule has 4 rings (SSSR count). The fourth-order valence-corrected chi connectivity index (χ4v) is 2.97. The van der Waals surface area contributed by atoms with Gasteiger partial charge in [0.05, 0.1) is 23.6 Å². The first-order chi connectivity index (χ1) is 14.1. The highest BCUT2D eigenvalue weighted by Crippen LogP contribution is 2.29. The molecule has 29 heavy (non-hydrogen) atoms. The molecule has 146 valence electrons. The average Bonchev–Trinajstić information content (AvgIpc) is 3.18. The van der Waals surface area contributed by atoms with Crippen LogP contribution >= 0.6 is 0 Å². The van der Waals surface area contributed by atoms with Gasteiger partial charge in [-0.05, 0) is 25.1 Å². The highest BCUT2D eigenvalue weighted by Gasteiger charge is 2.15. The van der Waals surface area contributed by atoms with E-state index in [9.17, 15) is 0 Å². The first kappa shape index (κ1) is 18.6. The Bertz CT molecular complexity index is 1090. The zero-order valence-electron chi connectivity index (χ0n) is 16.7. The second kappa shape index (κ2) is 8.10. The van der Waals surface area contributed by atoms with Gasteiger partial charge >= 0.3 is 0 Å². The number of imidazole rings is 1. The van der Waals surface area contributed by atoms with Gasteiger partial charge < -0.3 is 15.2 Å². The van der Waals surface area contributed by atoms with E-state index in [1.165, 1.54) is 5.56 Å². The Morgan fingerprint density at radius 1 is 0.931 bits per heavy atom. The number of aromatic amines is 1. The molecule has 0 aliphatic rings.